The standard InChI is InChI=1S/C42H75O13P/c1-3-5-7-9-11-13-15-17-18-19-21-23-25-27-29-31-36(44)54-34(32-52-35(43)30-28-26-24-22-20-16-14-12-10-8-6-4-2)33-53-56(50,51)55-42-40(48)38(46)37(45)39(47)41(42)49/h12-15,17-18,34,37-42,45-49H,3-11,16,19-33H2,1-2H3,(H,50,51)/b14-12+,15-13+,18-17+/t34-,37?,38+,39?,40?,41?,42?/m1/s1. The molecule has 1 saturated carbocycles. The smallest absolute Gasteiger partial charge is 0.462 e. The molecule has 1 aliphatic carbocycles. The zero-order valence-electron chi connectivity index (χ0n) is 34.2. The van der Waals surface area contributed by atoms with Crippen LogP contribution in [0.4, 0.5) is 0 Å². The monoisotopic (exact) mass is 818 g/mol. The van der Waals surface area contributed by atoms with Crippen molar-refractivity contribution in [2.24, 2.45) is 0 Å². The molecule has 0 spiro atoms. The van der Waals surface area contributed by atoms with Crippen LogP contribution in [-0.2, 0) is 32.7 Å². The van der Waals surface area contributed by atoms with Gasteiger partial charge in [0.15, 0.2) is 6.10 Å². The third-order valence-corrected chi connectivity index (χ3v) is 10.7. The maximum atomic E-state index is 12.8. The Hall–Kier alpha value is -1.93. The summed E-state index contributed by atoms with van der Waals surface area (Å²) in [6.07, 6.45) is 22.1. The molecule has 0 radical (unpaired) electrons. The number of aliphatic hydroxyl groups is 5. The molecule has 326 valence electrons. The van der Waals surface area contributed by atoms with Gasteiger partial charge in [0, 0.05) is 12.8 Å². The molecule has 1 rings (SSSR count). The SMILES string of the molecule is CCCCC/C=C/CCCCCCCC(=O)OC[C@H](COP(=O)(O)OC1C(O)C(O)C(O)[C@H](O)C1O)OC(=O)CCCCCCC/C=C/C=C/CCCCCC. The van der Waals surface area contributed by atoms with Crippen molar-refractivity contribution in [3.05, 3.63) is 36.5 Å². The molecular weight excluding hydrogens is 743 g/mol. The predicted molar refractivity (Wildman–Crippen MR) is 216 cm³/mol. The summed E-state index contributed by atoms with van der Waals surface area (Å²) in [5, 5.41) is 50.0. The summed E-state index contributed by atoms with van der Waals surface area (Å²) in [7, 11) is -5.12. The normalized spacial score (nSPS) is 23.2. The Bertz CT molecular complexity index is 1130. The summed E-state index contributed by atoms with van der Waals surface area (Å²) in [4.78, 5) is 35.5. The van der Waals surface area contributed by atoms with Crippen LogP contribution < -0.4 is 0 Å². The van der Waals surface area contributed by atoms with Crippen LogP contribution >= 0.6 is 7.82 Å². The van der Waals surface area contributed by atoms with Crippen LogP contribution in [-0.4, -0.2) is 98.3 Å². The van der Waals surface area contributed by atoms with Crippen LogP contribution in [0.3, 0.4) is 0 Å². The first kappa shape index (κ1) is 52.1. The van der Waals surface area contributed by atoms with Gasteiger partial charge in [-0.05, 0) is 64.2 Å². The first-order chi connectivity index (χ1) is 26.9. The van der Waals surface area contributed by atoms with E-state index in [4.69, 9.17) is 18.5 Å². The van der Waals surface area contributed by atoms with Gasteiger partial charge in [-0.25, -0.2) is 4.57 Å². The molecule has 8 atom stereocenters. The largest absolute Gasteiger partial charge is 0.472 e. The third kappa shape index (κ3) is 25.4. The molecule has 14 heteroatoms. The quantitative estimate of drug-likeness (QED) is 0.0123. The molecule has 0 amide bonds. The summed E-state index contributed by atoms with van der Waals surface area (Å²) in [6.45, 7) is 3.21. The Morgan fingerprint density at radius 1 is 0.554 bits per heavy atom. The van der Waals surface area contributed by atoms with Gasteiger partial charge >= 0.3 is 19.8 Å². The zero-order chi connectivity index (χ0) is 41.4. The summed E-state index contributed by atoms with van der Waals surface area (Å²) >= 11 is 0. The van der Waals surface area contributed by atoms with Crippen molar-refractivity contribution in [3.8, 4) is 0 Å². The van der Waals surface area contributed by atoms with Crippen molar-refractivity contribution in [1.82, 2.24) is 0 Å². The molecule has 6 N–H and O–H groups in total. The fourth-order valence-corrected chi connectivity index (χ4v) is 7.18. The number of phosphoric acid groups is 1. The van der Waals surface area contributed by atoms with E-state index in [1.807, 2.05) is 0 Å². The first-order valence-corrected chi connectivity index (χ1v) is 22.8. The zero-order valence-corrected chi connectivity index (χ0v) is 35.1. The second-order valence-corrected chi connectivity index (χ2v) is 16.3. The lowest BCUT2D eigenvalue weighted by molar-refractivity contribution is -0.220. The number of aliphatic hydroxyl groups excluding tert-OH is 5. The molecule has 0 aromatic carbocycles. The van der Waals surface area contributed by atoms with Crippen molar-refractivity contribution in [1.29, 1.82) is 0 Å². The van der Waals surface area contributed by atoms with E-state index in [1.165, 1.54) is 44.9 Å². The highest BCUT2D eigenvalue weighted by Crippen LogP contribution is 2.47. The number of carbonyl (C=O) groups excluding carboxylic acids is 2. The maximum Gasteiger partial charge on any atom is 0.472 e. The van der Waals surface area contributed by atoms with E-state index in [-0.39, 0.29) is 12.8 Å². The Labute approximate surface area is 336 Å². The molecule has 6 unspecified atom stereocenters. The highest BCUT2D eigenvalue weighted by molar-refractivity contribution is 7.47. The highest BCUT2D eigenvalue weighted by atomic mass is 31.2. The lowest BCUT2D eigenvalue weighted by atomic mass is 9.85. The number of esters is 2. The molecule has 0 heterocycles. The number of ether oxygens (including phenoxy) is 2. The minimum atomic E-state index is -5.12. The van der Waals surface area contributed by atoms with E-state index in [0.29, 0.717) is 12.8 Å². The van der Waals surface area contributed by atoms with Gasteiger partial charge in [0.25, 0.3) is 0 Å². The van der Waals surface area contributed by atoms with Gasteiger partial charge in [0.05, 0.1) is 6.61 Å². The summed E-state index contributed by atoms with van der Waals surface area (Å²) in [5.41, 5.74) is 0. The van der Waals surface area contributed by atoms with Gasteiger partial charge in [-0.3, -0.25) is 18.6 Å². The minimum absolute atomic E-state index is 0.0773. The molecule has 13 nitrogen and oxygen atoms in total. The van der Waals surface area contributed by atoms with Gasteiger partial charge < -0.3 is 39.9 Å². The fraction of sp³-hybridized carbons (Fsp3) is 0.810. The van der Waals surface area contributed by atoms with E-state index < -0.39 is 75.7 Å². The Morgan fingerprint density at radius 2 is 0.964 bits per heavy atom. The molecule has 1 fully saturated rings. The third-order valence-electron chi connectivity index (χ3n) is 9.73. The van der Waals surface area contributed by atoms with Crippen LogP contribution in [0.5, 0.6) is 0 Å². The topological polar surface area (TPSA) is 210 Å². The average Bonchev–Trinajstić information content (AvgIpc) is 3.18. The first-order valence-electron chi connectivity index (χ1n) is 21.3. The number of rotatable bonds is 34. The van der Waals surface area contributed by atoms with Crippen LogP contribution in [0.2, 0.25) is 0 Å². The van der Waals surface area contributed by atoms with Crippen LogP contribution in [0.1, 0.15) is 162 Å². The predicted octanol–water partition coefficient (Wildman–Crippen LogP) is 7.44. The number of hydrogen-bond donors (Lipinski definition) is 6. The molecule has 0 aromatic heterocycles. The number of phosphoric ester groups is 1. The van der Waals surface area contributed by atoms with Crippen LogP contribution in [0, 0.1) is 0 Å². The molecule has 0 aromatic rings. The Balaban J connectivity index is 2.53. The number of allylic oxidation sites excluding steroid dienone is 6. The van der Waals surface area contributed by atoms with Crippen LogP contribution in [0.25, 0.3) is 0 Å². The Morgan fingerprint density at radius 3 is 1.50 bits per heavy atom. The molecule has 0 aliphatic heterocycles. The molecule has 0 saturated heterocycles. The Kier molecular flexibility index (Phi) is 30.7. The van der Waals surface area contributed by atoms with Gasteiger partial charge in [0.2, 0.25) is 0 Å². The van der Waals surface area contributed by atoms with Gasteiger partial charge in [-0.1, -0.05) is 121 Å². The van der Waals surface area contributed by atoms with Gasteiger partial charge in [0.1, 0.15) is 43.2 Å². The van der Waals surface area contributed by atoms with E-state index in [9.17, 15) is 44.6 Å². The fourth-order valence-electron chi connectivity index (χ4n) is 6.21. The second kappa shape index (κ2) is 33.0. The average molecular weight is 819 g/mol. The lowest BCUT2D eigenvalue weighted by Gasteiger charge is -2.41. The summed E-state index contributed by atoms with van der Waals surface area (Å²) in [6, 6.07) is 0. The summed E-state index contributed by atoms with van der Waals surface area (Å²) in [5.74, 6) is -1.13. The van der Waals surface area contributed by atoms with Crippen molar-refractivity contribution in [2.75, 3.05) is 13.2 Å². The highest BCUT2D eigenvalue weighted by Gasteiger charge is 2.51. The minimum Gasteiger partial charge on any atom is -0.462 e. The van der Waals surface area contributed by atoms with Crippen molar-refractivity contribution < 1.29 is 63.1 Å². The molecule has 1 aliphatic rings. The van der Waals surface area contributed by atoms with E-state index >= 15 is 0 Å². The number of unbranched alkanes of at least 4 members (excludes halogenated alkanes) is 17. The molecule has 0 bridgehead atoms. The van der Waals surface area contributed by atoms with Crippen molar-refractivity contribution >= 4 is 19.8 Å². The molecule has 56 heavy (non-hydrogen) atoms. The van der Waals surface area contributed by atoms with Gasteiger partial charge in [-0.15, -0.1) is 0 Å². The second-order valence-electron chi connectivity index (χ2n) is 14.9. The number of carbonyl (C=O) groups is 2. The van der Waals surface area contributed by atoms with E-state index in [2.05, 4.69) is 50.3 Å². The summed E-state index contributed by atoms with van der Waals surface area (Å²) < 4.78 is 33.4. The van der Waals surface area contributed by atoms with E-state index in [1.54, 1.807) is 0 Å². The van der Waals surface area contributed by atoms with Gasteiger partial charge in [-0.2, -0.15) is 0 Å². The molecular formula is C42H75O13P. The van der Waals surface area contributed by atoms with Crippen molar-refractivity contribution in [2.45, 2.75) is 204 Å². The maximum absolute atomic E-state index is 12.8. The van der Waals surface area contributed by atoms with E-state index in [0.717, 1.165) is 77.0 Å². The lowest BCUT2D eigenvalue weighted by Crippen LogP contribution is -2.64. The van der Waals surface area contributed by atoms with Crippen LogP contribution in [0.15, 0.2) is 36.5 Å². The number of hydrogen-bond acceptors (Lipinski definition) is 12. The van der Waals surface area contributed by atoms with Crippen molar-refractivity contribution in [3.63, 3.8) is 0 Å².